The number of rotatable bonds is 1. The van der Waals surface area contributed by atoms with Crippen LogP contribution in [0, 0.1) is 5.89 Å². The van der Waals surface area contributed by atoms with E-state index in [1.54, 1.807) is 0 Å². The van der Waals surface area contributed by atoms with Gasteiger partial charge in [0.15, 0.2) is 0 Å². The summed E-state index contributed by atoms with van der Waals surface area (Å²) in [5.41, 5.74) is 2.28. The second-order valence-electron chi connectivity index (χ2n) is 4.19. The summed E-state index contributed by atoms with van der Waals surface area (Å²) in [6.45, 7) is 0. The van der Waals surface area contributed by atoms with Crippen molar-refractivity contribution in [3.05, 3.63) is 35.4 Å². The Labute approximate surface area is 92.1 Å². The number of carbonyl (C=O) groups excluding carboxylic acids is 1. The molecule has 1 saturated heterocycles. The maximum atomic E-state index is 11.3. The summed E-state index contributed by atoms with van der Waals surface area (Å²) in [7, 11) is 0. The van der Waals surface area contributed by atoms with Crippen LogP contribution in [0.3, 0.4) is 0 Å². The SMILES string of the molecule is [2H]C(=O)[C@@]1([2H])CC[C@H]2O[C@@H](C1)c1ccccc12. The summed E-state index contributed by atoms with van der Waals surface area (Å²) in [6.07, 6.45) is 0.411. The van der Waals surface area contributed by atoms with E-state index in [2.05, 4.69) is 6.07 Å². The van der Waals surface area contributed by atoms with Crippen molar-refractivity contribution in [1.82, 2.24) is 0 Å². The minimum Gasteiger partial charge on any atom is -0.366 e. The highest BCUT2D eigenvalue weighted by molar-refractivity contribution is 5.54. The number of ether oxygens (including phenoxy) is 1. The summed E-state index contributed by atoms with van der Waals surface area (Å²) in [5, 5.41) is 0. The van der Waals surface area contributed by atoms with Gasteiger partial charge < -0.3 is 9.53 Å². The van der Waals surface area contributed by atoms with E-state index in [1.807, 2.05) is 18.2 Å². The number of aldehydes is 1. The lowest BCUT2D eigenvalue weighted by atomic mass is 9.88. The predicted molar refractivity (Wildman–Crippen MR) is 56.4 cm³/mol. The zero-order chi connectivity index (χ0) is 12.0. The van der Waals surface area contributed by atoms with E-state index < -0.39 is 12.2 Å². The third-order valence-electron chi connectivity index (χ3n) is 3.30. The largest absolute Gasteiger partial charge is 0.366 e. The second kappa shape index (κ2) is 3.46. The smallest absolute Gasteiger partial charge is 0.123 e. The molecule has 0 aromatic heterocycles. The van der Waals surface area contributed by atoms with Gasteiger partial charge in [0, 0.05) is 7.26 Å². The summed E-state index contributed by atoms with van der Waals surface area (Å²) < 4.78 is 21.2. The molecule has 15 heavy (non-hydrogen) atoms. The van der Waals surface area contributed by atoms with E-state index >= 15 is 0 Å². The van der Waals surface area contributed by atoms with Crippen molar-refractivity contribution in [3.8, 4) is 0 Å². The zero-order valence-corrected chi connectivity index (χ0v) is 8.40. The van der Waals surface area contributed by atoms with Crippen LogP contribution in [0.25, 0.3) is 0 Å². The molecule has 1 fully saturated rings. The minimum atomic E-state index is -1.28. The first-order valence-electron chi connectivity index (χ1n) is 6.35. The molecule has 0 saturated carbocycles. The maximum absolute atomic E-state index is 11.3. The molecule has 2 aliphatic rings. The van der Waals surface area contributed by atoms with Crippen molar-refractivity contribution in [3.63, 3.8) is 0 Å². The average molecular weight is 204 g/mol. The molecule has 2 aliphatic heterocycles. The van der Waals surface area contributed by atoms with E-state index in [0.717, 1.165) is 5.56 Å². The van der Waals surface area contributed by atoms with E-state index in [4.69, 9.17) is 7.48 Å². The molecular weight excluding hydrogens is 188 g/mol. The molecule has 2 bridgehead atoms. The molecule has 2 nitrogen and oxygen atoms in total. The van der Waals surface area contributed by atoms with Crippen molar-refractivity contribution < 1.29 is 12.3 Å². The van der Waals surface area contributed by atoms with E-state index in [-0.39, 0.29) is 12.2 Å². The van der Waals surface area contributed by atoms with E-state index in [1.165, 1.54) is 5.56 Å². The summed E-state index contributed by atoms with van der Waals surface area (Å²) >= 11 is 0. The molecular formula is C13H14O2. The van der Waals surface area contributed by atoms with Crippen molar-refractivity contribution in [1.29, 1.82) is 0 Å². The first-order chi connectivity index (χ1) is 8.10. The van der Waals surface area contributed by atoms with E-state index in [0.29, 0.717) is 19.3 Å². The molecule has 0 unspecified atom stereocenters. The molecule has 0 amide bonds. The highest BCUT2D eigenvalue weighted by Crippen LogP contribution is 2.47. The lowest BCUT2D eigenvalue weighted by Crippen LogP contribution is -2.07. The lowest BCUT2D eigenvalue weighted by Gasteiger charge is -2.13. The number of fused-ring (bicyclic) bond motifs is 5. The quantitative estimate of drug-likeness (QED) is 0.657. The molecule has 1 aromatic carbocycles. The Balaban J connectivity index is 1.99. The standard InChI is InChI=1S/C13H14O2/c14-8-9-5-6-12-10-3-1-2-4-11(10)13(7-9)15-12/h1-4,8-9,12-13H,5-7H2/t9-,12+,13-/m0/s1/i8D,9D. The fraction of sp³-hybridized carbons (Fsp3) is 0.462. The maximum Gasteiger partial charge on any atom is 0.123 e. The van der Waals surface area contributed by atoms with Crippen LogP contribution in [0.15, 0.2) is 24.3 Å². The molecule has 78 valence electrons. The number of benzene rings is 1. The van der Waals surface area contributed by atoms with Crippen molar-refractivity contribution in [2.45, 2.75) is 31.5 Å². The van der Waals surface area contributed by atoms with Crippen LogP contribution in [-0.4, -0.2) is 6.26 Å². The normalized spacial score (nSPS) is 40.0. The fourth-order valence-corrected chi connectivity index (χ4v) is 2.55. The summed E-state index contributed by atoms with van der Waals surface area (Å²) in [6, 6.07) is 8.00. The van der Waals surface area contributed by atoms with Gasteiger partial charge in [-0.2, -0.15) is 0 Å². The summed E-state index contributed by atoms with van der Waals surface area (Å²) in [5.74, 6) is -1.28. The Bertz CT molecular complexity index is 474. The monoisotopic (exact) mass is 204 g/mol. The van der Waals surface area contributed by atoms with Gasteiger partial charge in [0.05, 0.1) is 12.2 Å². The molecule has 2 heterocycles. The minimum absolute atomic E-state index is 0.00257. The van der Waals surface area contributed by atoms with Crippen LogP contribution in [-0.2, 0) is 9.53 Å². The fourth-order valence-electron chi connectivity index (χ4n) is 2.55. The highest BCUT2D eigenvalue weighted by Gasteiger charge is 2.35. The number of hydrogen-bond acceptors (Lipinski definition) is 2. The lowest BCUT2D eigenvalue weighted by molar-refractivity contribution is -0.111. The third kappa shape index (κ3) is 1.40. The van der Waals surface area contributed by atoms with Gasteiger partial charge in [-0.3, -0.25) is 0 Å². The van der Waals surface area contributed by atoms with Gasteiger partial charge in [0.1, 0.15) is 7.63 Å². The topological polar surface area (TPSA) is 26.3 Å². The molecule has 3 rings (SSSR count). The molecule has 0 radical (unpaired) electrons. The average Bonchev–Trinajstić information content (AvgIpc) is 2.52. The molecule has 1 aromatic rings. The van der Waals surface area contributed by atoms with E-state index in [9.17, 15) is 4.79 Å². The highest BCUT2D eigenvalue weighted by atomic mass is 16.5. The zero-order valence-electron chi connectivity index (χ0n) is 10.4. The summed E-state index contributed by atoms with van der Waals surface area (Å²) in [4.78, 5) is 11.3. The van der Waals surface area contributed by atoms with Gasteiger partial charge in [0.2, 0.25) is 0 Å². The first-order valence-corrected chi connectivity index (χ1v) is 5.35. The molecule has 3 atom stereocenters. The molecule has 2 heteroatoms. The Morgan fingerprint density at radius 3 is 2.80 bits per heavy atom. The molecule has 0 spiro atoms. The van der Waals surface area contributed by atoms with Gasteiger partial charge in [-0.15, -0.1) is 0 Å². The number of hydrogen-bond donors (Lipinski definition) is 0. The van der Waals surface area contributed by atoms with Crippen LogP contribution in [0.2, 0.25) is 0 Å². The van der Waals surface area contributed by atoms with Gasteiger partial charge in [-0.1, -0.05) is 24.3 Å². The van der Waals surface area contributed by atoms with Crippen LogP contribution in [0.5, 0.6) is 0 Å². The van der Waals surface area contributed by atoms with Crippen molar-refractivity contribution in [2.24, 2.45) is 5.89 Å². The van der Waals surface area contributed by atoms with Crippen LogP contribution in [0.1, 0.15) is 45.3 Å². The predicted octanol–water partition coefficient (Wildman–Crippen LogP) is 2.80. The Hall–Kier alpha value is -1.15. The van der Waals surface area contributed by atoms with Crippen LogP contribution in [0.4, 0.5) is 0 Å². The Morgan fingerprint density at radius 2 is 2.07 bits per heavy atom. The number of carbonyl (C=O) groups is 1. The molecule has 0 aliphatic carbocycles. The van der Waals surface area contributed by atoms with Gasteiger partial charge >= 0.3 is 0 Å². The Morgan fingerprint density at radius 1 is 1.33 bits per heavy atom. The van der Waals surface area contributed by atoms with Crippen LogP contribution >= 0.6 is 0 Å². The van der Waals surface area contributed by atoms with Gasteiger partial charge in [0.25, 0.3) is 0 Å². The van der Waals surface area contributed by atoms with Crippen LogP contribution < -0.4 is 0 Å². The second-order valence-corrected chi connectivity index (χ2v) is 4.19. The Kier molecular flexibility index (Phi) is 1.65. The first kappa shape index (κ1) is 7.18. The van der Waals surface area contributed by atoms with Crippen molar-refractivity contribution >= 4 is 6.26 Å². The van der Waals surface area contributed by atoms with Gasteiger partial charge in [-0.25, -0.2) is 0 Å². The molecule has 0 N–H and O–H groups in total. The third-order valence-corrected chi connectivity index (χ3v) is 3.30. The van der Waals surface area contributed by atoms with Crippen molar-refractivity contribution in [2.75, 3.05) is 0 Å². The van der Waals surface area contributed by atoms with Gasteiger partial charge in [-0.05, 0) is 30.4 Å².